The molecule has 0 bridgehead atoms. The lowest BCUT2D eigenvalue weighted by Crippen LogP contribution is -2.20. The van der Waals surface area contributed by atoms with Gasteiger partial charge in [-0.3, -0.25) is 4.79 Å². The van der Waals surface area contributed by atoms with Gasteiger partial charge in [-0.2, -0.15) is 13.2 Å². The first-order valence-corrected chi connectivity index (χ1v) is 6.75. The molecule has 0 saturated heterocycles. The Morgan fingerprint density at radius 2 is 2.05 bits per heavy atom. The molecule has 0 atom stereocenters. The number of amides is 1. The Balaban J connectivity index is 2.05. The molecule has 1 aliphatic rings. The summed E-state index contributed by atoms with van der Waals surface area (Å²) in [6, 6.07) is 6.49. The number of alkyl halides is 3. The van der Waals surface area contributed by atoms with Crippen molar-refractivity contribution in [3.05, 3.63) is 41.7 Å². The molecule has 0 aliphatic carbocycles. The molecule has 1 aliphatic heterocycles. The number of carbonyl (C=O) groups excluding carboxylic acids is 1. The molecule has 114 valence electrons. The monoisotopic (exact) mass is 299 g/mol. The summed E-state index contributed by atoms with van der Waals surface area (Å²) >= 11 is 0. The molecule has 1 heterocycles. The van der Waals surface area contributed by atoms with Gasteiger partial charge >= 0.3 is 6.18 Å². The van der Waals surface area contributed by atoms with E-state index in [4.69, 9.17) is 4.74 Å². The number of ether oxygens (including phenoxy) is 1. The Morgan fingerprint density at radius 1 is 1.29 bits per heavy atom. The summed E-state index contributed by atoms with van der Waals surface area (Å²) in [7, 11) is 0. The molecule has 0 unspecified atom stereocenters. The van der Waals surface area contributed by atoms with E-state index in [-0.39, 0.29) is 12.2 Å². The largest absolute Gasteiger partial charge is 0.488 e. The summed E-state index contributed by atoms with van der Waals surface area (Å²) in [4.78, 5) is 12.0. The number of para-hydroxylation sites is 1. The molecule has 3 nitrogen and oxygen atoms in total. The number of halogens is 3. The van der Waals surface area contributed by atoms with Crippen molar-refractivity contribution in [1.82, 2.24) is 0 Å². The van der Waals surface area contributed by atoms with Crippen LogP contribution in [0.5, 0.6) is 0 Å². The predicted molar refractivity (Wildman–Crippen MR) is 72.7 cm³/mol. The molecule has 1 aromatic carbocycles. The van der Waals surface area contributed by atoms with Gasteiger partial charge < -0.3 is 10.1 Å². The zero-order valence-corrected chi connectivity index (χ0v) is 11.4. The van der Waals surface area contributed by atoms with Gasteiger partial charge in [0.2, 0.25) is 0 Å². The summed E-state index contributed by atoms with van der Waals surface area (Å²) < 4.78 is 42.2. The van der Waals surface area contributed by atoms with Gasteiger partial charge in [0.1, 0.15) is 0 Å². The summed E-state index contributed by atoms with van der Waals surface area (Å²) in [6.45, 7) is 0.481. The molecular weight excluding hydrogens is 283 g/mol. The molecule has 0 aromatic heterocycles. The number of carbonyl (C=O) groups is 1. The highest BCUT2D eigenvalue weighted by atomic mass is 19.4. The third-order valence-electron chi connectivity index (χ3n) is 3.10. The maximum absolute atomic E-state index is 12.3. The lowest BCUT2D eigenvalue weighted by atomic mass is 10.1. The Morgan fingerprint density at radius 3 is 2.71 bits per heavy atom. The lowest BCUT2D eigenvalue weighted by molar-refractivity contribution is -0.133. The average molecular weight is 299 g/mol. The third-order valence-corrected chi connectivity index (χ3v) is 3.10. The molecule has 1 N–H and O–H groups in total. The minimum absolute atomic E-state index is 0.167. The zero-order chi connectivity index (χ0) is 15.3. The quantitative estimate of drug-likeness (QED) is 0.918. The van der Waals surface area contributed by atoms with E-state index in [2.05, 4.69) is 5.32 Å². The fourth-order valence-corrected chi connectivity index (χ4v) is 2.04. The molecule has 0 spiro atoms. The third kappa shape index (κ3) is 4.81. The summed E-state index contributed by atoms with van der Waals surface area (Å²) in [5.74, 6) is -0.193. The molecular formula is C15H16F3NO2. The second kappa shape index (κ2) is 6.65. The van der Waals surface area contributed by atoms with Crippen molar-refractivity contribution in [3.63, 3.8) is 0 Å². The van der Waals surface area contributed by atoms with Crippen LogP contribution in [-0.2, 0) is 16.0 Å². The van der Waals surface area contributed by atoms with Gasteiger partial charge in [-0.1, -0.05) is 18.2 Å². The van der Waals surface area contributed by atoms with E-state index in [1.165, 1.54) is 0 Å². The summed E-state index contributed by atoms with van der Waals surface area (Å²) in [5.41, 5.74) is 0.849. The van der Waals surface area contributed by atoms with Crippen molar-refractivity contribution >= 4 is 11.6 Å². The van der Waals surface area contributed by atoms with Crippen LogP contribution in [0.2, 0.25) is 0 Å². The van der Waals surface area contributed by atoms with Gasteiger partial charge in [-0.05, 0) is 37.0 Å². The van der Waals surface area contributed by atoms with Crippen molar-refractivity contribution in [2.24, 2.45) is 0 Å². The molecule has 21 heavy (non-hydrogen) atoms. The van der Waals surface area contributed by atoms with E-state index in [1.807, 2.05) is 0 Å². The van der Waals surface area contributed by atoms with Gasteiger partial charge in [-0.25, -0.2) is 0 Å². The molecule has 0 radical (unpaired) electrons. The zero-order valence-electron chi connectivity index (χ0n) is 11.4. The number of hydrogen-bond donors (Lipinski definition) is 1. The highest BCUT2D eigenvalue weighted by Crippen LogP contribution is 2.25. The molecule has 1 amide bonds. The van der Waals surface area contributed by atoms with Crippen LogP contribution in [0.1, 0.15) is 24.8 Å². The number of nitrogens with one attached hydrogen (secondary N) is 1. The van der Waals surface area contributed by atoms with Gasteiger partial charge in [-0.15, -0.1) is 0 Å². The number of hydrogen-bond acceptors (Lipinski definition) is 2. The van der Waals surface area contributed by atoms with Crippen LogP contribution < -0.4 is 5.32 Å². The van der Waals surface area contributed by atoms with E-state index in [0.29, 0.717) is 17.9 Å². The Hall–Kier alpha value is -1.98. The Labute approximate surface area is 120 Å². The highest BCUT2D eigenvalue weighted by Gasteiger charge is 2.27. The van der Waals surface area contributed by atoms with E-state index in [0.717, 1.165) is 12.8 Å². The van der Waals surface area contributed by atoms with Crippen molar-refractivity contribution in [2.45, 2.75) is 31.9 Å². The first-order valence-electron chi connectivity index (χ1n) is 6.75. The van der Waals surface area contributed by atoms with Crippen molar-refractivity contribution < 1.29 is 22.7 Å². The van der Waals surface area contributed by atoms with Crippen LogP contribution >= 0.6 is 0 Å². The second-order valence-corrected chi connectivity index (χ2v) is 4.79. The van der Waals surface area contributed by atoms with Crippen LogP contribution in [0.15, 0.2) is 36.1 Å². The number of rotatable bonds is 4. The van der Waals surface area contributed by atoms with Crippen LogP contribution in [0.25, 0.3) is 0 Å². The summed E-state index contributed by atoms with van der Waals surface area (Å²) in [5, 5.41) is 2.62. The van der Waals surface area contributed by atoms with Crippen molar-refractivity contribution in [2.75, 3.05) is 11.9 Å². The average Bonchev–Trinajstić information content (AvgIpc) is 2.46. The maximum Gasteiger partial charge on any atom is 0.389 e. The number of benzene rings is 1. The smallest absolute Gasteiger partial charge is 0.389 e. The van der Waals surface area contributed by atoms with Crippen LogP contribution in [0, 0.1) is 0 Å². The van der Waals surface area contributed by atoms with Gasteiger partial charge in [0.15, 0.2) is 5.76 Å². The summed E-state index contributed by atoms with van der Waals surface area (Å²) in [6.07, 6.45) is -1.99. The SMILES string of the molecule is O=C(Nc1ccccc1CCC(F)(F)F)C1=CCCCO1. The number of anilines is 1. The van der Waals surface area contributed by atoms with Crippen LogP contribution in [-0.4, -0.2) is 18.7 Å². The molecule has 0 saturated carbocycles. The van der Waals surface area contributed by atoms with Crippen LogP contribution in [0.3, 0.4) is 0 Å². The van der Waals surface area contributed by atoms with Gasteiger partial charge in [0.05, 0.1) is 6.61 Å². The standard InChI is InChI=1S/C15H16F3NO2/c16-15(17,18)9-8-11-5-1-2-6-12(11)19-14(20)13-7-3-4-10-21-13/h1-2,5-7H,3-4,8-10H2,(H,19,20). The van der Waals surface area contributed by atoms with Crippen LogP contribution in [0.4, 0.5) is 18.9 Å². The van der Waals surface area contributed by atoms with E-state index < -0.39 is 18.5 Å². The van der Waals surface area contributed by atoms with Crippen molar-refractivity contribution in [1.29, 1.82) is 0 Å². The van der Waals surface area contributed by atoms with E-state index in [1.54, 1.807) is 30.3 Å². The second-order valence-electron chi connectivity index (χ2n) is 4.79. The topological polar surface area (TPSA) is 38.3 Å². The molecule has 6 heteroatoms. The minimum Gasteiger partial charge on any atom is -0.488 e. The first-order chi connectivity index (χ1) is 9.96. The predicted octanol–water partition coefficient (Wildman–Crippen LogP) is 3.81. The van der Waals surface area contributed by atoms with E-state index in [9.17, 15) is 18.0 Å². The first kappa shape index (κ1) is 15.4. The molecule has 2 rings (SSSR count). The van der Waals surface area contributed by atoms with Gasteiger partial charge in [0, 0.05) is 12.1 Å². The van der Waals surface area contributed by atoms with Gasteiger partial charge in [0.25, 0.3) is 5.91 Å². The highest BCUT2D eigenvalue weighted by molar-refractivity contribution is 6.02. The maximum atomic E-state index is 12.3. The fourth-order valence-electron chi connectivity index (χ4n) is 2.04. The number of allylic oxidation sites excluding steroid dienone is 1. The number of aryl methyl sites for hydroxylation is 1. The molecule has 0 fully saturated rings. The minimum atomic E-state index is -4.22. The fraction of sp³-hybridized carbons (Fsp3) is 0.400. The molecule has 1 aromatic rings. The lowest BCUT2D eigenvalue weighted by Gasteiger charge is -2.16. The normalized spacial score (nSPS) is 15.1. The Bertz CT molecular complexity index is 538. The van der Waals surface area contributed by atoms with Crippen molar-refractivity contribution in [3.8, 4) is 0 Å². The Kier molecular flexibility index (Phi) is 4.88. The van der Waals surface area contributed by atoms with E-state index >= 15 is 0 Å².